The molecule has 4 aliphatic carbocycles. The number of carboxylic acids is 1. The maximum Gasteiger partial charge on any atom is 0.307 e. The molecule has 0 aliphatic heterocycles. The standard InChI is InChI=1S/C17H17NO3/c19-16(18-9-4-2-1-3-5-9)14-10-6-7-11(13-8-12(10)13)15(14)17(20)21/h1-7,10-15H,8H2,(H,18,19)(H,20,21)/t10-,11-,12-,13+,14+,15+/m0/s1. The van der Waals surface area contributed by atoms with E-state index in [4.69, 9.17) is 0 Å². The zero-order chi connectivity index (χ0) is 14.6. The van der Waals surface area contributed by atoms with E-state index >= 15 is 0 Å². The Morgan fingerprint density at radius 2 is 1.62 bits per heavy atom. The van der Waals surface area contributed by atoms with Gasteiger partial charge in [0.2, 0.25) is 5.91 Å². The van der Waals surface area contributed by atoms with Gasteiger partial charge >= 0.3 is 5.97 Å². The molecule has 1 amide bonds. The van der Waals surface area contributed by atoms with Gasteiger partial charge in [0.05, 0.1) is 11.8 Å². The topological polar surface area (TPSA) is 66.4 Å². The summed E-state index contributed by atoms with van der Waals surface area (Å²) in [5.74, 6) is -0.891. The van der Waals surface area contributed by atoms with E-state index in [-0.39, 0.29) is 17.7 Å². The third kappa shape index (κ3) is 1.89. The van der Waals surface area contributed by atoms with Gasteiger partial charge in [0.25, 0.3) is 0 Å². The lowest BCUT2D eigenvalue weighted by molar-refractivity contribution is -0.152. The number of fused-ring (bicyclic) bond motifs is 1. The van der Waals surface area contributed by atoms with Crippen LogP contribution in [0.3, 0.4) is 0 Å². The molecular weight excluding hydrogens is 266 g/mol. The third-order valence-electron chi connectivity index (χ3n) is 5.28. The normalized spacial score (nSPS) is 38.7. The zero-order valence-electron chi connectivity index (χ0n) is 11.5. The SMILES string of the molecule is O=C(O)[C@@H]1[C@H]2C=C[C@@H]([C@@H]3C[C@H]23)[C@H]1C(=O)Nc1ccccc1. The number of benzene rings is 1. The van der Waals surface area contributed by atoms with Gasteiger partial charge in [-0.25, -0.2) is 0 Å². The Kier molecular flexibility index (Phi) is 2.67. The van der Waals surface area contributed by atoms with Crippen molar-refractivity contribution in [2.75, 3.05) is 5.32 Å². The highest BCUT2D eigenvalue weighted by molar-refractivity contribution is 5.96. The van der Waals surface area contributed by atoms with E-state index in [1.807, 2.05) is 36.4 Å². The summed E-state index contributed by atoms with van der Waals surface area (Å²) in [6, 6.07) is 9.24. The van der Waals surface area contributed by atoms with Crippen LogP contribution in [0.15, 0.2) is 42.5 Å². The number of carbonyl (C=O) groups is 2. The first-order valence-corrected chi connectivity index (χ1v) is 7.44. The lowest BCUT2D eigenvalue weighted by atomic mass is 9.62. The van der Waals surface area contributed by atoms with Crippen molar-refractivity contribution in [1.29, 1.82) is 0 Å². The number of anilines is 1. The summed E-state index contributed by atoms with van der Waals surface area (Å²) in [5.41, 5.74) is 0.726. The number of para-hydroxylation sites is 1. The second kappa shape index (κ2) is 4.45. The van der Waals surface area contributed by atoms with E-state index in [2.05, 4.69) is 11.4 Å². The van der Waals surface area contributed by atoms with E-state index in [0.29, 0.717) is 11.8 Å². The minimum Gasteiger partial charge on any atom is -0.481 e. The molecule has 0 radical (unpaired) electrons. The number of carbonyl (C=O) groups excluding carboxylic acids is 1. The van der Waals surface area contributed by atoms with E-state index in [1.165, 1.54) is 0 Å². The van der Waals surface area contributed by atoms with Crippen molar-refractivity contribution in [1.82, 2.24) is 0 Å². The van der Waals surface area contributed by atoms with Crippen LogP contribution in [0.4, 0.5) is 5.69 Å². The van der Waals surface area contributed by atoms with Crippen LogP contribution in [0.1, 0.15) is 6.42 Å². The minimum absolute atomic E-state index is 0.0315. The molecule has 2 N–H and O–H groups in total. The monoisotopic (exact) mass is 283 g/mol. The molecule has 2 saturated carbocycles. The second-order valence-electron chi connectivity index (χ2n) is 6.35. The molecule has 2 bridgehead atoms. The van der Waals surface area contributed by atoms with E-state index < -0.39 is 17.8 Å². The molecule has 2 fully saturated rings. The van der Waals surface area contributed by atoms with Crippen LogP contribution < -0.4 is 5.32 Å². The number of aliphatic carboxylic acids is 1. The number of hydrogen-bond acceptors (Lipinski definition) is 2. The van der Waals surface area contributed by atoms with Crippen LogP contribution in [0.5, 0.6) is 0 Å². The summed E-state index contributed by atoms with van der Waals surface area (Å²) in [6.45, 7) is 0. The average molecular weight is 283 g/mol. The van der Waals surface area contributed by atoms with Gasteiger partial charge in [0, 0.05) is 5.69 Å². The van der Waals surface area contributed by atoms with Gasteiger partial charge in [-0.1, -0.05) is 30.4 Å². The molecule has 21 heavy (non-hydrogen) atoms. The molecule has 1 aromatic rings. The fourth-order valence-electron chi connectivity index (χ4n) is 4.32. The molecule has 0 heterocycles. The van der Waals surface area contributed by atoms with Crippen molar-refractivity contribution in [3.8, 4) is 0 Å². The van der Waals surface area contributed by atoms with E-state index in [9.17, 15) is 14.7 Å². The summed E-state index contributed by atoms with van der Waals surface area (Å²) in [5, 5.41) is 12.5. The minimum atomic E-state index is -0.840. The molecule has 0 saturated heterocycles. The van der Waals surface area contributed by atoms with Gasteiger partial charge in [-0.15, -0.1) is 0 Å². The van der Waals surface area contributed by atoms with Crippen molar-refractivity contribution in [2.45, 2.75) is 6.42 Å². The van der Waals surface area contributed by atoms with Gasteiger partial charge in [-0.3, -0.25) is 9.59 Å². The number of allylic oxidation sites excluding steroid dienone is 2. The van der Waals surface area contributed by atoms with Crippen molar-refractivity contribution in [3.05, 3.63) is 42.5 Å². The summed E-state index contributed by atoms with van der Waals surface area (Å²) in [7, 11) is 0. The maximum absolute atomic E-state index is 12.6. The molecule has 108 valence electrons. The Hall–Kier alpha value is -2.10. The molecule has 5 rings (SSSR count). The van der Waals surface area contributed by atoms with Crippen molar-refractivity contribution in [2.24, 2.45) is 35.5 Å². The lowest BCUT2D eigenvalue weighted by Gasteiger charge is -2.41. The number of carboxylic acid groups (broad SMARTS) is 1. The van der Waals surface area contributed by atoms with Crippen LogP contribution >= 0.6 is 0 Å². The quantitative estimate of drug-likeness (QED) is 0.837. The molecule has 4 aliphatic rings. The average Bonchev–Trinajstić information content (AvgIpc) is 3.29. The van der Waals surface area contributed by atoms with Crippen LogP contribution in [-0.4, -0.2) is 17.0 Å². The van der Waals surface area contributed by atoms with Gasteiger partial charge in [-0.05, 0) is 42.2 Å². The first kappa shape index (κ1) is 12.6. The first-order valence-electron chi connectivity index (χ1n) is 7.44. The highest BCUT2D eigenvalue weighted by atomic mass is 16.4. The molecule has 0 spiro atoms. The lowest BCUT2D eigenvalue weighted by Crippen LogP contribution is -2.48. The number of rotatable bonds is 3. The Bertz CT molecular complexity index is 624. The Morgan fingerprint density at radius 1 is 1.00 bits per heavy atom. The fourth-order valence-corrected chi connectivity index (χ4v) is 4.32. The van der Waals surface area contributed by atoms with Crippen molar-refractivity contribution in [3.63, 3.8) is 0 Å². The predicted molar refractivity (Wildman–Crippen MR) is 77.4 cm³/mol. The van der Waals surface area contributed by atoms with Crippen LogP contribution in [-0.2, 0) is 9.59 Å². The molecule has 0 unspecified atom stereocenters. The zero-order valence-corrected chi connectivity index (χ0v) is 11.5. The first-order chi connectivity index (χ1) is 10.2. The predicted octanol–water partition coefficient (Wildman–Crippen LogP) is 2.39. The largest absolute Gasteiger partial charge is 0.481 e. The molecule has 1 aromatic carbocycles. The number of nitrogens with one attached hydrogen (secondary N) is 1. The third-order valence-corrected chi connectivity index (χ3v) is 5.28. The molecule has 6 atom stereocenters. The van der Waals surface area contributed by atoms with E-state index in [0.717, 1.165) is 12.1 Å². The summed E-state index contributed by atoms with van der Waals surface area (Å²) >= 11 is 0. The highest BCUT2D eigenvalue weighted by Gasteiger charge is 2.62. The molecule has 4 heteroatoms. The maximum atomic E-state index is 12.6. The summed E-state index contributed by atoms with van der Waals surface area (Å²) < 4.78 is 0. The number of amides is 1. The van der Waals surface area contributed by atoms with Crippen molar-refractivity contribution < 1.29 is 14.7 Å². The van der Waals surface area contributed by atoms with E-state index in [1.54, 1.807) is 0 Å². The van der Waals surface area contributed by atoms with Gasteiger partial charge in [0.15, 0.2) is 0 Å². The van der Waals surface area contributed by atoms with Gasteiger partial charge < -0.3 is 10.4 Å². The van der Waals surface area contributed by atoms with Crippen LogP contribution in [0.2, 0.25) is 0 Å². The molecular formula is C17H17NO3. The van der Waals surface area contributed by atoms with Gasteiger partial charge in [-0.2, -0.15) is 0 Å². The van der Waals surface area contributed by atoms with Crippen LogP contribution in [0.25, 0.3) is 0 Å². The molecule has 4 nitrogen and oxygen atoms in total. The summed E-state index contributed by atoms with van der Waals surface area (Å²) in [4.78, 5) is 24.3. The Balaban J connectivity index is 1.62. The molecule has 0 aromatic heterocycles. The Morgan fingerprint density at radius 3 is 2.24 bits per heavy atom. The number of hydrogen-bond donors (Lipinski definition) is 2. The smallest absolute Gasteiger partial charge is 0.307 e. The van der Waals surface area contributed by atoms with Gasteiger partial charge in [0.1, 0.15) is 0 Å². The second-order valence-corrected chi connectivity index (χ2v) is 6.35. The van der Waals surface area contributed by atoms with Crippen molar-refractivity contribution >= 4 is 17.6 Å². The fraction of sp³-hybridized carbons (Fsp3) is 0.412. The summed E-state index contributed by atoms with van der Waals surface area (Å²) in [6.07, 6.45) is 5.18. The highest BCUT2D eigenvalue weighted by Crippen LogP contribution is 2.63. The Labute approximate surface area is 122 Å². The van der Waals surface area contributed by atoms with Crippen LogP contribution in [0, 0.1) is 35.5 Å².